The molecule has 0 heterocycles. The molecule has 150 valence electrons. The molecule has 2 aromatic rings. The zero-order valence-corrected chi connectivity index (χ0v) is 18.1. The molecule has 2 nitrogen and oxygen atoms in total. The predicted octanol–water partition coefficient (Wildman–Crippen LogP) is 7.02. The van der Waals surface area contributed by atoms with E-state index >= 15 is 0 Å². The first-order chi connectivity index (χ1) is 13.4. The molecule has 1 atom stereocenters. The van der Waals surface area contributed by atoms with Gasteiger partial charge in [-0.25, -0.2) is 0 Å². The molecule has 0 bridgehead atoms. The summed E-state index contributed by atoms with van der Waals surface area (Å²) in [6.45, 7) is 8.98. The van der Waals surface area contributed by atoms with Gasteiger partial charge in [-0.3, -0.25) is 0 Å². The van der Waals surface area contributed by atoms with Crippen LogP contribution in [0.25, 0.3) is 11.3 Å². The van der Waals surface area contributed by atoms with E-state index in [4.69, 9.17) is 4.74 Å². The maximum absolute atomic E-state index is 5.57. The molecule has 0 spiro atoms. The van der Waals surface area contributed by atoms with E-state index in [1.165, 1.54) is 60.1 Å². The smallest absolute Gasteiger partial charge is 0.119 e. The fourth-order valence-corrected chi connectivity index (χ4v) is 4.21. The highest BCUT2D eigenvalue weighted by molar-refractivity contribution is 5.99. The van der Waals surface area contributed by atoms with Gasteiger partial charge < -0.3 is 10.1 Å². The van der Waals surface area contributed by atoms with Crippen LogP contribution >= 0.6 is 0 Å². The molecule has 2 aromatic carbocycles. The van der Waals surface area contributed by atoms with Crippen LogP contribution in [0.3, 0.4) is 0 Å². The molecule has 1 aliphatic carbocycles. The van der Waals surface area contributed by atoms with Crippen molar-refractivity contribution < 1.29 is 4.74 Å². The molecule has 1 N–H and O–H groups in total. The third-order valence-electron chi connectivity index (χ3n) is 5.45. The summed E-state index contributed by atoms with van der Waals surface area (Å²) in [6, 6.07) is 17.5. The summed E-state index contributed by atoms with van der Waals surface area (Å²) in [5, 5.41) is 3.83. The Morgan fingerprint density at radius 1 is 0.964 bits per heavy atom. The third kappa shape index (κ3) is 4.60. The van der Waals surface area contributed by atoms with Gasteiger partial charge in [-0.2, -0.15) is 0 Å². The highest BCUT2D eigenvalue weighted by Crippen LogP contribution is 2.49. The number of allylic oxidation sites excluding steroid dienone is 1. The van der Waals surface area contributed by atoms with E-state index in [2.05, 4.69) is 81.5 Å². The minimum Gasteiger partial charge on any atom is -0.497 e. The van der Waals surface area contributed by atoms with Crippen molar-refractivity contribution in [3.8, 4) is 5.75 Å². The number of unbranched alkanes of at least 4 members (excludes halogenated alkanes) is 3. The Bertz CT molecular complexity index is 814. The van der Waals surface area contributed by atoms with Gasteiger partial charge in [0.25, 0.3) is 0 Å². The summed E-state index contributed by atoms with van der Waals surface area (Å²) in [5.74, 6) is 1.36. The molecule has 3 rings (SSSR count). The molecular formula is C26H35NO. The number of hydrogen-bond acceptors (Lipinski definition) is 2. The lowest BCUT2D eigenvalue weighted by Gasteiger charge is -2.25. The van der Waals surface area contributed by atoms with Crippen LogP contribution < -0.4 is 10.1 Å². The molecule has 0 amide bonds. The van der Waals surface area contributed by atoms with Gasteiger partial charge in [0.05, 0.1) is 7.11 Å². The summed E-state index contributed by atoms with van der Waals surface area (Å²) in [4.78, 5) is 0. The highest BCUT2D eigenvalue weighted by atomic mass is 16.5. The standard InChI is InChI=1S/C26H35NO/c1-6-7-8-12-15-21-23-18-20(28-5)16-17-22(23)25(27-26(2,3)4)24(21)19-13-10-9-11-14-19/h9-11,13-14,16-18,21,27H,6-8,12,15H2,1-5H3. The van der Waals surface area contributed by atoms with E-state index in [0.29, 0.717) is 5.92 Å². The zero-order chi connectivity index (χ0) is 20.1. The number of nitrogens with one attached hydrogen (secondary N) is 1. The van der Waals surface area contributed by atoms with Crippen molar-refractivity contribution in [1.29, 1.82) is 0 Å². The summed E-state index contributed by atoms with van der Waals surface area (Å²) in [6.07, 6.45) is 6.33. The number of rotatable bonds is 8. The topological polar surface area (TPSA) is 21.3 Å². The van der Waals surface area contributed by atoms with Crippen LogP contribution in [0, 0.1) is 0 Å². The number of fused-ring (bicyclic) bond motifs is 1. The quantitative estimate of drug-likeness (QED) is 0.499. The molecule has 1 unspecified atom stereocenters. The Labute approximate surface area is 171 Å². The Hall–Kier alpha value is -2.22. The summed E-state index contributed by atoms with van der Waals surface area (Å²) < 4.78 is 5.57. The largest absolute Gasteiger partial charge is 0.497 e. The van der Waals surface area contributed by atoms with Crippen LogP contribution in [0.5, 0.6) is 5.75 Å². The van der Waals surface area contributed by atoms with E-state index in [1.54, 1.807) is 7.11 Å². The Kier molecular flexibility index (Phi) is 6.49. The minimum atomic E-state index is 0.00363. The van der Waals surface area contributed by atoms with Gasteiger partial charge in [-0.1, -0.05) is 62.9 Å². The van der Waals surface area contributed by atoms with Gasteiger partial charge >= 0.3 is 0 Å². The van der Waals surface area contributed by atoms with Crippen LogP contribution in [0.4, 0.5) is 0 Å². The first kappa shape index (κ1) is 20.5. The Morgan fingerprint density at radius 3 is 2.36 bits per heavy atom. The molecule has 28 heavy (non-hydrogen) atoms. The normalized spacial score (nSPS) is 16.2. The molecule has 0 aliphatic heterocycles. The second kappa shape index (κ2) is 8.86. The van der Waals surface area contributed by atoms with Crippen LogP contribution in [0.15, 0.2) is 48.5 Å². The van der Waals surface area contributed by atoms with E-state index in [0.717, 1.165) is 5.75 Å². The van der Waals surface area contributed by atoms with E-state index in [-0.39, 0.29) is 5.54 Å². The fourth-order valence-electron chi connectivity index (χ4n) is 4.21. The van der Waals surface area contributed by atoms with Crippen molar-refractivity contribution in [1.82, 2.24) is 5.32 Å². The van der Waals surface area contributed by atoms with Gasteiger partial charge in [0.2, 0.25) is 0 Å². The van der Waals surface area contributed by atoms with E-state index in [9.17, 15) is 0 Å². The molecule has 0 saturated heterocycles. The molecule has 0 fully saturated rings. The van der Waals surface area contributed by atoms with Crippen molar-refractivity contribution in [2.75, 3.05) is 7.11 Å². The second-order valence-corrected chi connectivity index (χ2v) is 8.88. The van der Waals surface area contributed by atoms with Gasteiger partial charge in [-0.15, -0.1) is 0 Å². The van der Waals surface area contributed by atoms with Crippen molar-refractivity contribution in [3.63, 3.8) is 0 Å². The first-order valence-corrected chi connectivity index (χ1v) is 10.7. The maximum Gasteiger partial charge on any atom is 0.119 e. The number of methoxy groups -OCH3 is 1. The molecule has 1 aliphatic rings. The summed E-state index contributed by atoms with van der Waals surface area (Å²) >= 11 is 0. The number of hydrogen-bond donors (Lipinski definition) is 1. The first-order valence-electron chi connectivity index (χ1n) is 10.7. The highest BCUT2D eigenvalue weighted by Gasteiger charge is 2.33. The van der Waals surface area contributed by atoms with Gasteiger partial charge in [-0.05, 0) is 62.1 Å². The van der Waals surface area contributed by atoms with Gasteiger partial charge in [0, 0.05) is 22.7 Å². The lowest BCUT2D eigenvalue weighted by Crippen LogP contribution is -2.34. The van der Waals surface area contributed by atoms with Crippen LogP contribution in [0.1, 0.15) is 82.4 Å². The van der Waals surface area contributed by atoms with Gasteiger partial charge in [0.1, 0.15) is 5.75 Å². The maximum atomic E-state index is 5.57. The molecule has 2 heteroatoms. The van der Waals surface area contributed by atoms with Crippen molar-refractivity contribution in [3.05, 3.63) is 65.2 Å². The second-order valence-electron chi connectivity index (χ2n) is 8.88. The average Bonchev–Trinajstić information content (AvgIpc) is 2.97. The van der Waals surface area contributed by atoms with Crippen molar-refractivity contribution >= 4 is 11.3 Å². The molecular weight excluding hydrogens is 342 g/mol. The van der Waals surface area contributed by atoms with Crippen molar-refractivity contribution in [2.24, 2.45) is 0 Å². The Balaban J connectivity index is 2.09. The molecule has 0 aromatic heterocycles. The van der Waals surface area contributed by atoms with E-state index in [1.807, 2.05) is 0 Å². The van der Waals surface area contributed by atoms with Crippen LogP contribution in [-0.2, 0) is 0 Å². The lowest BCUT2D eigenvalue weighted by molar-refractivity contribution is 0.414. The SMILES string of the molecule is CCCCCCC1C(c2ccccc2)=C(NC(C)(C)C)c2ccc(OC)cc21. The molecule has 0 saturated carbocycles. The fraction of sp³-hybridized carbons (Fsp3) is 0.462. The molecule has 0 radical (unpaired) electrons. The van der Waals surface area contributed by atoms with Crippen LogP contribution in [-0.4, -0.2) is 12.6 Å². The Morgan fingerprint density at radius 2 is 1.71 bits per heavy atom. The lowest BCUT2D eigenvalue weighted by atomic mass is 9.86. The van der Waals surface area contributed by atoms with Crippen molar-refractivity contribution in [2.45, 2.75) is 71.3 Å². The monoisotopic (exact) mass is 377 g/mol. The predicted molar refractivity (Wildman–Crippen MR) is 121 cm³/mol. The minimum absolute atomic E-state index is 0.00363. The van der Waals surface area contributed by atoms with Crippen LogP contribution in [0.2, 0.25) is 0 Å². The average molecular weight is 378 g/mol. The van der Waals surface area contributed by atoms with E-state index < -0.39 is 0 Å². The van der Waals surface area contributed by atoms with Gasteiger partial charge in [0.15, 0.2) is 0 Å². The number of ether oxygens (including phenoxy) is 1. The number of benzene rings is 2. The summed E-state index contributed by atoms with van der Waals surface area (Å²) in [7, 11) is 1.76. The summed E-state index contributed by atoms with van der Waals surface area (Å²) in [5.41, 5.74) is 6.79. The zero-order valence-electron chi connectivity index (χ0n) is 18.1. The third-order valence-corrected chi connectivity index (χ3v) is 5.45.